The second-order valence-electron chi connectivity index (χ2n) is 8.96. The summed E-state index contributed by atoms with van der Waals surface area (Å²) in [4.78, 5) is 29.9. The molecule has 1 aromatic carbocycles. The van der Waals surface area contributed by atoms with Gasteiger partial charge in [-0.1, -0.05) is 29.8 Å². The minimum atomic E-state index is -1.06. The van der Waals surface area contributed by atoms with Crippen LogP contribution in [0.15, 0.2) is 63.6 Å². The minimum Gasteiger partial charge on any atom is -0.467 e. The molecule has 38 heavy (non-hydrogen) atoms. The molecule has 1 N–H and O–H groups in total. The lowest BCUT2D eigenvalue weighted by Gasteiger charge is -2.30. The standard InChI is InChI=1S/C26H27ClN6O5/c1-17-10-11-22(38-17)25-29-31-33(30-25)16-23(34)32(15-18-6-2-3-8-20(18)27)24(21-9-5-13-37-21)26(35)28-14-19-7-4-12-36-19/h2-3,5-6,8-11,13,19,24H,4,7,12,14-16H2,1H3,(H,28,35)/t19-,24+/m1/s1. The molecule has 2 atom stereocenters. The number of benzene rings is 1. The summed E-state index contributed by atoms with van der Waals surface area (Å²) in [5, 5.41) is 15.7. The number of nitrogens with one attached hydrogen (secondary N) is 1. The molecule has 0 bridgehead atoms. The summed E-state index contributed by atoms with van der Waals surface area (Å²) in [6, 6.07) is 12.9. The van der Waals surface area contributed by atoms with Crippen LogP contribution >= 0.6 is 11.6 Å². The third-order valence-electron chi connectivity index (χ3n) is 6.21. The maximum Gasteiger partial charge on any atom is 0.250 e. The number of nitrogens with zero attached hydrogens (tertiary/aromatic N) is 5. The lowest BCUT2D eigenvalue weighted by Crippen LogP contribution is -2.46. The van der Waals surface area contributed by atoms with Gasteiger partial charge in [0.1, 0.15) is 18.1 Å². The van der Waals surface area contributed by atoms with Crippen LogP contribution in [0.25, 0.3) is 11.6 Å². The summed E-state index contributed by atoms with van der Waals surface area (Å²) in [5.41, 5.74) is 0.671. The maximum atomic E-state index is 13.8. The first-order valence-electron chi connectivity index (χ1n) is 12.3. The number of ether oxygens (including phenoxy) is 1. The highest BCUT2D eigenvalue weighted by Gasteiger charge is 2.35. The van der Waals surface area contributed by atoms with Crippen molar-refractivity contribution in [2.75, 3.05) is 13.2 Å². The van der Waals surface area contributed by atoms with Gasteiger partial charge in [0.2, 0.25) is 11.7 Å². The van der Waals surface area contributed by atoms with Crippen molar-refractivity contribution in [2.24, 2.45) is 0 Å². The van der Waals surface area contributed by atoms with Crippen molar-refractivity contribution in [1.82, 2.24) is 30.4 Å². The smallest absolute Gasteiger partial charge is 0.250 e. The highest BCUT2D eigenvalue weighted by molar-refractivity contribution is 6.31. The molecule has 1 fully saturated rings. The van der Waals surface area contributed by atoms with E-state index >= 15 is 0 Å². The summed E-state index contributed by atoms with van der Waals surface area (Å²) in [5.74, 6) is 0.881. The summed E-state index contributed by atoms with van der Waals surface area (Å²) in [6.07, 6.45) is 3.21. The van der Waals surface area contributed by atoms with Gasteiger partial charge in [-0.3, -0.25) is 9.59 Å². The predicted octanol–water partition coefficient (Wildman–Crippen LogP) is 3.55. The number of aryl methyl sites for hydroxylation is 1. The van der Waals surface area contributed by atoms with Crippen LogP contribution in [0.5, 0.6) is 0 Å². The van der Waals surface area contributed by atoms with Gasteiger partial charge >= 0.3 is 0 Å². The van der Waals surface area contributed by atoms with Gasteiger partial charge in [0.05, 0.1) is 12.4 Å². The topological polar surface area (TPSA) is 129 Å². The fourth-order valence-electron chi connectivity index (χ4n) is 4.30. The molecule has 0 saturated carbocycles. The maximum absolute atomic E-state index is 13.8. The largest absolute Gasteiger partial charge is 0.467 e. The summed E-state index contributed by atoms with van der Waals surface area (Å²) >= 11 is 6.43. The van der Waals surface area contributed by atoms with Gasteiger partial charge in [0.25, 0.3) is 5.91 Å². The number of furan rings is 2. The molecule has 0 spiro atoms. The second kappa shape index (κ2) is 11.6. The zero-order valence-electron chi connectivity index (χ0n) is 20.7. The molecule has 12 heteroatoms. The summed E-state index contributed by atoms with van der Waals surface area (Å²) in [7, 11) is 0. The second-order valence-corrected chi connectivity index (χ2v) is 9.37. The Hall–Kier alpha value is -3.96. The van der Waals surface area contributed by atoms with Gasteiger partial charge in [-0.05, 0) is 60.9 Å². The average Bonchev–Trinajstić information content (AvgIpc) is 3.72. The molecule has 1 saturated heterocycles. The quantitative estimate of drug-likeness (QED) is 0.324. The van der Waals surface area contributed by atoms with Crippen molar-refractivity contribution in [3.8, 4) is 11.6 Å². The van der Waals surface area contributed by atoms with Gasteiger partial charge in [-0.15, -0.1) is 10.2 Å². The zero-order valence-corrected chi connectivity index (χ0v) is 21.5. The van der Waals surface area contributed by atoms with Crippen molar-refractivity contribution in [1.29, 1.82) is 0 Å². The first kappa shape index (κ1) is 25.7. The normalized spacial score (nSPS) is 15.9. The van der Waals surface area contributed by atoms with Gasteiger partial charge in [-0.25, -0.2) is 0 Å². The third kappa shape index (κ3) is 5.95. The van der Waals surface area contributed by atoms with E-state index in [0.29, 0.717) is 41.0 Å². The van der Waals surface area contributed by atoms with E-state index in [1.807, 2.05) is 13.0 Å². The number of rotatable bonds is 10. The van der Waals surface area contributed by atoms with Crippen LogP contribution in [0, 0.1) is 6.92 Å². The van der Waals surface area contributed by atoms with E-state index in [0.717, 1.165) is 12.8 Å². The molecular weight excluding hydrogens is 512 g/mol. The number of carbonyl (C=O) groups excluding carboxylic acids is 2. The molecule has 4 aromatic rings. The van der Waals surface area contributed by atoms with Gasteiger partial charge < -0.3 is 23.8 Å². The Morgan fingerprint density at radius 3 is 2.79 bits per heavy atom. The highest BCUT2D eigenvalue weighted by Crippen LogP contribution is 2.27. The van der Waals surface area contributed by atoms with Crippen LogP contribution in [0.1, 0.15) is 36.0 Å². The molecule has 2 amide bonds. The van der Waals surface area contributed by atoms with Crippen LogP contribution in [-0.4, -0.2) is 56.2 Å². The third-order valence-corrected chi connectivity index (χ3v) is 6.58. The van der Waals surface area contributed by atoms with Crippen LogP contribution in [0.4, 0.5) is 0 Å². The van der Waals surface area contributed by atoms with E-state index in [4.69, 9.17) is 25.2 Å². The van der Waals surface area contributed by atoms with E-state index in [1.165, 1.54) is 16.0 Å². The Kier molecular flexibility index (Phi) is 7.85. The molecule has 0 aliphatic carbocycles. The monoisotopic (exact) mass is 538 g/mol. The van der Waals surface area contributed by atoms with Crippen LogP contribution in [0.3, 0.4) is 0 Å². The van der Waals surface area contributed by atoms with Crippen LogP contribution in [0.2, 0.25) is 5.02 Å². The zero-order chi connectivity index (χ0) is 26.5. The van der Waals surface area contributed by atoms with Crippen molar-refractivity contribution >= 4 is 23.4 Å². The molecule has 3 aromatic heterocycles. The van der Waals surface area contributed by atoms with Gasteiger partial charge in [0, 0.05) is 24.7 Å². The van der Waals surface area contributed by atoms with Crippen LogP contribution in [-0.2, 0) is 27.4 Å². The number of carbonyl (C=O) groups is 2. The number of halogens is 1. The SMILES string of the molecule is Cc1ccc(-c2nnn(CC(=O)N(Cc3ccccc3Cl)[C@H](C(=O)NC[C@H]3CCCO3)c3ccco3)n2)o1. The lowest BCUT2D eigenvalue weighted by atomic mass is 10.1. The van der Waals surface area contributed by atoms with E-state index in [9.17, 15) is 9.59 Å². The number of hydrogen-bond acceptors (Lipinski definition) is 8. The van der Waals surface area contributed by atoms with Crippen molar-refractivity contribution < 1.29 is 23.2 Å². The minimum absolute atomic E-state index is 0.0517. The molecule has 1 aliphatic rings. The van der Waals surface area contributed by atoms with Crippen molar-refractivity contribution in [3.05, 3.63) is 76.9 Å². The van der Waals surface area contributed by atoms with Gasteiger partial charge in [-0.2, -0.15) is 4.80 Å². The Labute approximate surface area is 223 Å². The van der Waals surface area contributed by atoms with E-state index < -0.39 is 17.9 Å². The van der Waals surface area contributed by atoms with E-state index in [2.05, 4.69) is 20.7 Å². The van der Waals surface area contributed by atoms with E-state index in [1.54, 1.807) is 42.5 Å². The van der Waals surface area contributed by atoms with Gasteiger partial charge in [0.15, 0.2) is 11.8 Å². The molecule has 11 nitrogen and oxygen atoms in total. The predicted molar refractivity (Wildman–Crippen MR) is 136 cm³/mol. The first-order chi connectivity index (χ1) is 18.5. The van der Waals surface area contributed by atoms with Crippen LogP contribution < -0.4 is 5.32 Å². The molecule has 5 rings (SSSR count). The fourth-order valence-corrected chi connectivity index (χ4v) is 4.49. The Balaban J connectivity index is 1.42. The number of amides is 2. The number of tetrazole rings is 1. The highest BCUT2D eigenvalue weighted by atomic mass is 35.5. The lowest BCUT2D eigenvalue weighted by molar-refractivity contribution is -0.143. The summed E-state index contributed by atoms with van der Waals surface area (Å²) < 4.78 is 16.8. The Morgan fingerprint density at radius 2 is 2.08 bits per heavy atom. The van der Waals surface area contributed by atoms with Crippen molar-refractivity contribution in [2.45, 2.75) is 45.0 Å². The molecule has 4 heterocycles. The number of hydrogen-bond donors (Lipinski definition) is 1. The summed E-state index contributed by atoms with van der Waals surface area (Å²) in [6.45, 7) is 2.59. The molecule has 1 aliphatic heterocycles. The van der Waals surface area contributed by atoms with Crippen molar-refractivity contribution in [3.63, 3.8) is 0 Å². The number of aromatic nitrogens is 4. The van der Waals surface area contributed by atoms with E-state index in [-0.39, 0.29) is 25.0 Å². The Bertz CT molecular complexity index is 1380. The molecule has 198 valence electrons. The fraction of sp³-hybridized carbons (Fsp3) is 0.346. The molecule has 0 radical (unpaired) electrons. The molecule has 0 unspecified atom stereocenters. The first-order valence-corrected chi connectivity index (χ1v) is 12.7. The Morgan fingerprint density at radius 1 is 1.21 bits per heavy atom. The average molecular weight is 539 g/mol. The molecular formula is C26H27ClN6O5.